The van der Waals surface area contributed by atoms with Crippen LogP contribution in [-0.2, 0) is 0 Å². The lowest BCUT2D eigenvalue weighted by Gasteiger charge is -2.55. The zero-order valence-corrected chi connectivity index (χ0v) is 11.2. The Balaban J connectivity index is 1.81. The first-order chi connectivity index (χ1) is 8.61. The molecule has 0 radical (unpaired) electrons. The molecule has 2 unspecified atom stereocenters. The van der Waals surface area contributed by atoms with Crippen LogP contribution in [0.2, 0.25) is 0 Å². The monoisotopic (exact) mass is 245 g/mol. The first-order valence-electron chi connectivity index (χ1n) is 7.29. The number of hydrogen-bond acceptors (Lipinski definition) is 1. The van der Waals surface area contributed by atoms with Crippen LogP contribution in [0.4, 0.5) is 0 Å². The second kappa shape index (κ2) is 4.63. The lowest BCUT2D eigenvalue weighted by atomic mass is 9.54. The van der Waals surface area contributed by atoms with Gasteiger partial charge in [-0.1, -0.05) is 12.2 Å². The van der Waals surface area contributed by atoms with E-state index in [1.165, 1.54) is 63.5 Å². The molecule has 0 amide bonds. The molecule has 100 valence electrons. The number of piperidine rings is 1. The average molecular weight is 245 g/mol. The van der Waals surface area contributed by atoms with Crippen LogP contribution in [0.25, 0.3) is 0 Å². The van der Waals surface area contributed by atoms with Gasteiger partial charge in [0, 0.05) is 12.5 Å². The van der Waals surface area contributed by atoms with Crippen molar-refractivity contribution in [1.29, 1.82) is 0 Å². The number of nitrogens with zero attached hydrogens (tertiary/aromatic N) is 1. The van der Waals surface area contributed by atoms with Crippen LogP contribution in [0.15, 0.2) is 12.2 Å². The third-order valence-electron chi connectivity index (χ3n) is 5.72. The quantitative estimate of drug-likeness (QED) is 0.360. The minimum Gasteiger partial charge on any atom is -0.299 e. The molecule has 0 aromatic heterocycles. The smallest absolute Gasteiger partial charge is 0.158 e. The van der Waals surface area contributed by atoms with Gasteiger partial charge in [-0.3, -0.25) is 4.90 Å². The van der Waals surface area contributed by atoms with E-state index in [9.17, 15) is 0 Å². The molecule has 1 aliphatic heterocycles. The highest BCUT2D eigenvalue weighted by molar-refractivity contribution is 6.18. The van der Waals surface area contributed by atoms with E-state index in [2.05, 4.69) is 18.5 Å². The van der Waals surface area contributed by atoms with Crippen molar-refractivity contribution in [2.24, 2.45) is 11.3 Å². The maximum atomic E-state index is 4.22. The Kier molecular flexibility index (Phi) is 3.26. The van der Waals surface area contributed by atoms with Crippen molar-refractivity contribution >= 4 is 7.85 Å². The lowest BCUT2D eigenvalue weighted by Crippen LogP contribution is -2.55. The van der Waals surface area contributed by atoms with Crippen LogP contribution in [-0.4, -0.2) is 32.4 Å². The predicted octanol–water partition coefficient (Wildman–Crippen LogP) is 2.50. The highest BCUT2D eigenvalue weighted by Crippen LogP contribution is 2.55. The number of hydrogen-bond donors (Lipinski definition) is 0. The largest absolute Gasteiger partial charge is 0.299 e. The van der Waals surface area contributed by atoms with Crippen molar-refractivity contribution in [2.45, 2.75) is 57.4 Å². The number of fused-ring (bicyclic) bond motifs is 2. The van der Waals surface area contributed by atoms with Gasteiger partial charge in [-0.25, -0.2) is 0 Å². The second-order valence-corrected chi connectivity index (χ2v) is 6.51. The molecule has 1 heterocycles. The van der Waals surface area contributed by atoms with Crippen LogP contribution in [0.5, 0.6) is 0 Å². The Morgan fingerprint density at radius 2 is 2.06 bits per heavy atom. The summed E-state index contributed by atoms with van der Waals surface area (Å²) in [6.45, 7) is 5.57. The van der Waals surface area contributed by atoms with E-state index in [4.69, 9.17) is 0 Å². The molecule has 0 N–H and O–H groups in total. The molecular formula is C16H28BN. The molecule has 0 aromatic rings. The van der Waals surface area contributed by atoms with Crippen molar-refractivity contribution < 1.29 is 0 Å². The van der Waals surface area contributed by atoms with E-state index < -0.39 is 0 Å². The van der Waals surface area contributed by atoms with E-state index in [0.29, 0.717) is 13.3 Å². The maximum absolute atomic E-state index is 4.22. The molecule has 2 aliphatic carbocycles. The Hall–Kier alpha value is -0.365. The fourth-order valence-electron chi connectivity index (χ4n) is 4.49. The first kappa shape index (κ1) is 12.7. The average Bonchev–Trinajstić information content (AvgIpc) is 2.37. The second-order valence-electron chi connectivity index (χ2n) is 6.51. The van der Waals surface area contributed by atoms with E-state index in [-0.39, 0.29) is 0 Å². The minimum absolute atomic E-state index is 0.494. The topological polar surface area (TPSA) is 3.24 Å². The Morgan fingerprint density at radius 1 is 1.33 bits per heavy atom. The van der Waals surface area contributed by atoms with Gasteiger partial charge in [0.2, 0.25) is 0 Å². The van der Waals surface area contributed by atoms with Gasteiger partial charge in [-0.05, 0) is 63.5 Å². The molecule has 0 aromatic carbocycles. The highest BCUT2D eigenvalue weighted by atomic mass is 15.1. The van der Waals surface area contributed by atoms with Gasteiger partial charge in [0.15, 0.2) is 7.85 Å². The van der Waals surface area contributed by atoms with Gasteiger partial charge in [-0.15, -0.1) is 5.82 Å². The number of allylic oxidation sites excluding steroid dienone is 1. The highest BCUT2D eigenvalue weighted by Gasteiger charge is 2.50. The van der Waals surface area contributed by atoms with E-state index in [0.717, 1.165) is 12.0 Å². The number of likely N-dealkylation sites (tertiary alicyclic amines) is 1. The molecule has 3 rings (SSSR count). The normalized spacial score (nSPS) is 36.8. The molecule has 3 aliphatic rings. The third-order valence-corrected chi connectivity index (χ3v) is 5.72. The van der Waals surface area contributed by atoms with Crippen LogP contribution < -0.4 is 0 Å². The molecule has 1 saturated heterocycles. The molecule has 1 spiro atoms. The van der Waals surface area contributed by atoms with Gasteiger partial charge in [0.1, 0.15) is 0 Å². The predicted molar refractivity (Wildman–Crippen MR) is 81.6 cm³/mol. The lowest BCUT2D eigenvalue weighted by molar-refractivity contribution is -0.0396. The van der Waals surface area contributed by atoms with E-state index in [1.54, 1.807) is 0 Å². The van der Waals surface area contributed by atoms with Crippen LogP contribution in [0.3, 0.4) is 0 Å². The summed E-state index contributed by atoms with van der Waals surface area (Å²) in [5, 5.41) is 0. The van der Waals surface area contributed by atoms with Crippen molar-refractivity contribution in [3.8, 4) is 0 Å². The maximum Gasteiger partial charge on any atom is 0.158 e. The fourth-order valence-corrected chi connectivity index (χ4v) is 4.49. The van der Waals surface area contributed by atoms with Gasteiger partial charge >= 0.3 is 0 Å². The van der Waals surface area contributed by atoms with Crippen molar-refractivity contribution in [3.05, 3.63) is 18.0 Å². The van der Waals surface area contributed by atoms with Crippen LogP contribution in [0.1, 0.15) is 51.4 Å². The SMILES string of the molecule is [BH3-][C+]1CCC2C(C1)N(C)CCC21CCC(=C)CC1. The van der Waals surface area contributed by atoms with Gasteiger partial charge in [0.05, 0.1) is 6.42 Å². The summed E-state index contributed by atoms with van der Waals surface area (Å²) in [4.78, 5) is 2.69. The Bertz CT molecular complexity index is 328. The van der Waals surface area contributed by atoms with E-state index >= 15 is 0 Å². The summed E-state index contributed by atoms with van der Waals surface area (Å²) in [5.74, 6) is 2.99. The summed E-state index contributed by atoms with van der Waals surface area (Å²) >= 11 is 0. The Labute approximate surface area is 113 Å². The van der Waals surface area contributed by atoms with Crippen molar-refractivity contribution in [3.63, 3.8) is 0 Å². The first-order valence-corrected chi connectivity index (χ1v) is 7.29. The fraction of sp³-hybridized carbons (Fsp3) is 0.812. The summed E-state index contributed by atoms with van der Waals surface area (Å²) in [6.07, 6.45) is 11.5. The minimum atomic E-state index is 0.494. The molecule has 3 fully saturated rings. The van der Waals surface area contributed by atoms with Gasteiger partial charge in [-0.2, -0.15) is 0 Å². The zero-order chi connectivity index (χ0) is 12.8. The summed E-state index contributed by atoms with van der Waals surface area (Å²) in [6, 6.07) is 0.909. The Morgan fingerprint density at radius 3 is 2.78 bits per heavy atom. The molecule has 1 nitrogen and oxygen atoms in total. The van der Waals surface area contributed by atoms with Crippen molar-refractivity contribution in [2.75, 3.05) is 13.6 Å². The van der Waals surface area contributed by atoms with Crippen LogP contribution >= 0.6 is 0 Å². The van der Waals surface area contributed by atoms with Crippen molar-refractivity contribution in [1.82, 2.24) is 4.90 Å². The van der Waals surface area contributed by atoms with Gasteiger partial charge < -0.3 is 0 Å². The summed E-state index contributed by atoms with van der Waals surface area (Å²) in [7, 11) is 2.87. The third kappa shape index (κ3) is 2.03. The van der Waals surface area contributed by atoms with Crippen LogP contribution in [0, 0.1) is 17.2 Å². The molecule has 2 heteroatoms. The van der Waals surface area contributed by atoms with Gasteiger partial charge in [0.25, 0.3) is 0 Å². The molecular weight excluding hydrogens is 217 g/mol. The van der Waals surface area contributed by atoms with E-state index in [1.807, 2.05) is 5.82 Å². The molecule has 0 bridgehead atoms. The standard InChI is InChI=1S/C16H28BN/c1-12-5-7-16(8-6-12)9-10-18(2)15-11-13(17)3-4-14(15)16/h14-15H,1,3-11H2,2,17H3. The number of rotatable bonds is 0. The summed E-state index contributed by atoms with van der Waals surface area (Å²) in [5.41, 5.74) is 2.23. The summed E-state index contributed by atoms with van der Waals surface area (Å²) < 4.78 is 0. The molecule has 18 heavy (non-hydrogen) atoms. The molecule has 2 atom stereocenters. The zero-order valence-electron chi connectivity index (χ0n) is 11.2. The molecule has 2 saturated carbocycles.